The monoisotopic (exact) mass is 267 g/mol. The molecule has 0 spiro atoms. The predicted octanol–water partition coefficient (Wildman–Crippen LogP) is 3.75. The fourth-order valence-corrected chi connectivity index (χ4v) is 1.52. The Balaban J connectivity index is 2.97. The molecule has 0 amide bonds. The normalized spacial score (nSPS) is 11.9. The van der Waals surface area contributed by atoms with Crippen molar-refractivity contribution < 1.29 is 13.2 Å². The molecular formula is C10H13ClF3N3. The predicted molar refractivity (Wildman–Crippen MR) is 60.0 cm³/mol. The lowest BCUT2D eigenvalue weighted by molar-refractivity contribution is -0.141. The van der Waals surface area contributed by atoms with Crippen molar-refractivity contribution in [2.75, 3.05) is 5.32 Å². The highest BCUT2D eigenvalue weighted by molar-refractivity contribution is 6.28. The van der Waals surface area contributed by atoms with Crippen LogP contribution in [0.3, 0.4) is 0 Å². The average Bonchev–Trinajstić information content (AvgIpc) is 2.24. The Morgan fingerprint density at radius 3 is 2.35 bits per heavy atom. The minimum atomic E-state index is -4.52. The van der Waals surface area contributed by atoms with Gasteiger partial charge in [0.1, 0.15) is 5.82 Å². The summed E-state index contributed by atoms with van der Waals surface area (Å²) in [6.07, 6.45) is -2.93. The molecule has 0 aliphatic rings. The third kappa shape index (κ3) is 4.03. The molecular weight excluding hydrogens is 255 g/mol. The lowest BCUT2D eigenvalue weighted by atomic mass is 10.2. The summed E-state index contributed by atoms with van der Waals surface area (Å²) < 4.78 is 37.4. The van der Waals surface area contributed by atoms with Gasteiger partial charge in [-0.1, -0.05) is 13.8 Å². The maximum absolute atomic E-state index is 12.5. The van der Waals surface area contributed by atoms with E-state index in [1.807, 2.05) is 13.8 Å². The Kier molecular flexibility index (Phi) is 4.56. The van der Waals surface area contributed by atoms with E-state index in [2.05, 4.69) is 15.3 Å². The summed E-state index contributed by atoms with van der Waals surface area (Å²) in [6.45, 7) is 3.88. The van der Waals surface area contributed by atoms with Gasteiger partial charge in [0.05, 0.1) is 0 Å². The maximum Gasteiger partial charge on any atom is 0.433 e. The third-order valence-corrected chi connectivity index (χ3v) is 2.50. The zero-order chi connectivity index (χ0) is 13.1. The second kappa shape index (κ2) is 5.53. The number of alkyl halides is 3. The van der Waals surface area contributed by atoms with Crippen LogP contribution in [-0.4, -0.2) is 16.0 Å². The van der Waals surface area contributed by atoms with E-state index in [0.29, 0.717) is 0 Å². The van der Waals surface area contributed by atoms with Crippen molar-refractivity contribution >= 4 is 17.4 Å². The Bertz CT molecular complexity index is 378. The molecule has 0 radical (unpaired) electrons. The topological polar surface area (TPSA) is 37.8 Å². The van der Waals surface area contributed by atoms with Gasteiger partial charge in [-0.2, -0.15) is 13.2 Å². The van der Waals surface area contributed by atoms with Crippen molar-refractivity contribution in [1.29, 1.82) is 0 Å². The molecule has 0 aromatic carbocycles. The molecule has 0 unspecified atom stereocenters. The number of rotatable bonds is 4. The molecule has 1 rings (SSSR count). The van der Waals surface area contributed by atoms with E-state index in [1.54, 1.807) is 0 Å². The van der Waals surface area contributed by atoms with Crippen molar-refractivity contribution in [3.63, 3.8) is 0 Å². The first-order chi connectivity index (χ1) is 7.86. The summed E-state index contributed by atoms with van der Waals surface area (Å²) >= 11 is 5.46. The molecule has 0 saturated heterocycles. The molecule has 1 aromatic rings. The van der Waals surface area contributed by atoms with Crippen LogP contribution in [-0.2, 0) is 6.18 Å². The highest BCUT2D eigenvalue weighted by atomic mass is 35.5. The smallest absolute Gasteiger partial charge is 0.367 e. The molecule has 0 atom stereocenters. The van der Waals surface area contributed by atoms with Gasteiger partial charge in [-0.3, -0.25) is 0 Å². The Morgan fingerprint density at radius 1 is 1.29 bits per heavy atom. The van der Waals surface area contributed by atoms with Gasteiger partial charge >= 0.3 is 6.18 Å². The maximum atomic E-state index is 12.5. The zero-order valence-corrected chi connectivity index (χ0v) is 10.2. The minimum Gasteiger partial charge on any atom is -0.367 e. The van der Waals surface area contributed by atoms with Crippen LogP contribution in [0.4, 0.5) is 19.0 Å². The van der Waals surface area contributed by atoms with Gasteiger partial charge in [0.15, 0.2) is 5.69 Å². The van der Waals surface area contributed by atoms with E-state index in [1.165, 1.54) is 0 Å². The second-order valence-electron chi connectivity index (χ2n) is 3.56. The van der Waals surface area contributed by atoms with E-state index in [0.717, 1.165) is 18.9 Å². The molecule has 17 heavy (non-hydrogen) atoms. The number of nitrogens with zero attached hydrogens (tertiary/aromatic N) is 2. The fraction of sp³-hybridized carbons (Fsp3) is 0.600. The molecule has 0 saturated carbocycles. The number of anilines is 1. The van der Waals surface area contributed by atoms with E-state index in [-0.39, 0.29) is 11.9 Å². The molecule has 0 fully saturated rings. The van der Waals surface area contributed by atoms with Gasteiger partial charge in [0.25, 0.3) is 0 Å². The van der Waals surface area contributed by atoms with Gasteiger partial charge in [0.2, 0.25) is 5.28 Å². The van der Waals surface area contributed by atoms with Crippen LogP contribution >= 0.6 is 11.6 Å². The first kappa shape index (κ1) is 14.0. The average molecular weight is 268 g/mol. The van der Waals surface area contributed by atoms with E-state index in [9.17, 15) is 13.2 Å². The van der Waals surface area contributed by atoms with Crippen molar-refractivity contribution in [3.8, 4) is 0 Å². The van der Waals surface area contributed by atoms with Crippen molar-refractivity contribution in [2.24, 2.45) is 0 Å². The highest BCUT2D eigenvalue weighted by Gasteiger charge is 2.33. The summed E-state index contributed by atoms with van der Waals surface area (Å²) in [5.41, 5.74) is -1.04. The van der Waals surface area contributed by atoms with E-state index < -0.39 is 17.2 Å². The first-order valence-corrected chi connectivity index (χ1v) is 5.63. The minimum absolute atomic E-state index is 0.0713. The second-order valence-corrected chi connectivity index (χ2v) is 3.90. The van der Waals surface area contributed by atoms with Crippen LogP contribution in [0.2, 0.25) is 5.28 Å². The van der Waals surface area contributed by atoms with Gasteiger partial charge < -0.3 is 5.32 Å². The van der Waals surface area contributed by atoms with Gasteiger partial charge in [-0.05, 0) is 24.4 Å². The summed E-state index contributed by atoms with van der Waals surface area (Å²) in [5, 5.41) is 2.49. The summed E-state index contributed by atoms with van der Waals surface area (Å²) in [4.78, 5) is 6.88. The summed E-state index contributed by atoms with van der Waals surface area (Å²) in [7, 11) is 0. The highest BCUT2D eigenvalue weighted by Crippen LogP contribution is 2.29. The molecule has 96 valence electrons. The zero-order valence-electron chi connectivity index (χ0n) is 9.48. The number of hydrogen-bond acceptors (Lipinski definition) is 3. The molecule has 7 heteroatoms. The van der Waals surface area contributed by atoms with Crippen LogP contribution in [0, 0.1) is 0 Å². The van der Waals surface area contributed by atoms with Crippen LogP contribution in [0.1, 0.15) is 32.4 Å². The SMILES string of the molecule is CCC(CC)Nc1cc(C(F)(F)F)nc(Cl)n1. The van der Waals surface area contributed by atoms with Crippen LogP contribution in [0.15, 0.2) is 6.07 Å². The molecule has 1 heterocycles. The molecule has 0 aliphatic carbocycles. The lowest BCUT2D eigenvalue weighted by Crippen LogP contribution is -2.19. The van der Waals surface area contributed by atoms with Gasteiger partial charge in [0, 0.05) is 12.1 Å². The molecule has 0 aliphatic heterocycles. The Labute approximate surface area is 102 Å². The molecule has 3 nitrogen and oxygen atoms in total. The largest absolute Gasteiger partial charge is 0.433 e. The van der Waals surface area contributed by atoms with Crippen LogP contribution < -0.4 is 5.32 Å². The van der Waals surface area contributed by atoms with Crippen LogP contribution in [0.25, 0.3) is 0 Å². The standard InChI is InChI=1S/C10H13ClF3N3/c1-3-6(4-2)15-8-5-7(10(12,13)14)16-9(11)17-8/h5-6H,3-4H2,1-2H3,(H,15,16,17). The number of aromatic nitrogens is 2. The number of hydrogen-bond donors (Lipinski definition) is 1. The van der Waals surface area contributed by atoms with Crippen LogP contribution in [0.5, 0.6) is 0 Å². The van der Waals surface area contributed by atoms with E-state index >= 15 is 0 Å². The quantitative estimate of drug-likeness (QED) is 0.845. The number of halogens is 4. The lowest BCUT2D eigenvalue weighted by Gasteiger charge is -2.16. The molecule has 1 aromatic heterocycles. The van der Waals surface area contributed by atoms with Crippen molar-refractivity contribution in [1.82, 2.24) is 9.97 Å². The third-order valence-electron chi connectivity index (χ3n) is 2.33. The van der Waals surface area contributed by atoms with Crippen molar-refractivity contribution in [2.45, 2.75) is 38.9 Å². The fourth-order valence-electron chi connectivity index (χ4n) is 1.34. The Hall–Kier alpha value is -1.04. The summed E-state index contributed by atoms with van der Waals surface area (Å²) in [5.74, 6) is 0.103. The summed E-state index contributed by atoms with van der Waals surface area (Å²) in [6, 6.07) is 0.937. The first-order valence-electron chi connectivity index (χ1n) is 5.25. The van der Waals surface area contributed by atoms with Gasteiger partial charge in [-0.25, -0.2) is 9.97 Å². The van der Waals surface area contributed by atoms with Gasteiger partial charge in [-0.15, -0.1) is 0 Å². The molecule has 0 bridgehead atoms. The Morgan fingerprint density at radius 2 is 1.88 bits per heavy atom. The van der Waals surface area contributed by atoms with Crippen molar-refractivity contribution in [3.05, 3.63) is 17.0 Å². The molecule has 1 N–H and O–H groups in total. The van der Waals surface area contributed by atoms with E-state index in [4.69, 9.17) is 11.6 Å². The number of nitrogens with one attached hydrogen (secondary N) is 1.